The van der Waals surface area contributed by atoms with Crippen LogP contribution in [0.15, 0.2) is 24.3 Å². The van der Waals surface area contributed by atoms with Crippen LogP contribution in [-0.4, -0.2) is 57.1 Å². The van der Waals surface area contributed by atoms with Crippen molar-refractivity contribution in [2.75, 3.05) is 13.1 Å². The molecule has 2 atom stereocenters. The van der Waals surface area contributed by atoms with Crippen molar-refractivity contribution in [2.45, 2.75) is 59.2 Å². The second kappa shape index (κ2) is 10.7. The zero-order chi connectivity index (χ0) is 22.4. The van der Waals surface area contributed by atoms with Crippen LogP contribution >= 0.6 is 12.2 Å². The Bertz CT molecular complexity index is 754. The van der Waals surface area contributed by atoms with Gasteiger partial charge in [-0.1, -0.05) is 39.8 Å². The molecule has 0 bridgehead atoms. The number of carboxylic acid groups (broad SMARTS) is 1. The van der Waals surface area contributed by atoms with E-state index in [0.29, 0.717) is 37.6 Å². The fourth-order valence-corrected chi connectivity index (χ4v) is 4.01. The molecule has 0 aliphatic carbocycles. The topological polar surface area (TPSA) is 72.9 Å². The van der Waals surface area contributed by atoms with Gasteiger partial charge in [-0.3, -0.25) is 4.79 Å². The summed E-state index contributed by atoms with van der Waals surface area (Å²) >= 11 is 5.53. The molecule has 0 radical (unpaired) electrons. The highest BCUT2D eigenvalue weighted by molar-refractivity contribution is 7.80. The predicted octanol–water partition coefficient (Wildman–Crippen LogP) is 3.26. The highest BCUT2D eigenvalue weighted by Crippen LogP contribution is 2.21. The van der Waals surface area contributed by atoms with Crippen molar-refractivity contribution >= 4 is 29.2 Å². The third-order valence-corrected chi connectivity index (χ3v) is 5.48. The molecule has 166 valence electrons. The van der Waals surface area contributed by atoms with Crippen LogP contribution in [0.5, 0.6) is 0 Å². The Morgan fingerprint density at radius 2 is 1.83 bits per heavy atom. The lowest BCUT2D eigenvalue weighted by atomic mass is 9.99. The minimum absolute atomic E-state index is 0.0424. The summed E-state index contributed by atoms with van der Waals surface area (Å²) in [5.74, 6) is -0.840. The lowest BCUT2D eigenvalue weighted by Gasteiger charge is -2.43. The van der Waals surface area contributed by atoms with E-state index in [9.17, 15) is 19.1 Å². The van der Waals surface area contributed by atoms with Crippen molar-refractivity contribution < 1.29 is 19.1 Å². The number of carbonyl (C=O) groups excluding carboxylic acids is 1. The van der Waals surface area contributed by atoms with Gasteiger partial charge in [-0.2, -0.15) is 0 Å². The average Bonchev–Trinajstić information content (AvgIpc) is 2.65. The zero-order valence-electron chi connectivity index (χ0n) is 18.1. The van der Waals surface area contributed by atoms with Crippen molar-refractivity contribution in [3.63, 3.8) is 0 Å². The van der Waals surface area contributed by atoms with E-state index in [1.807, 2.05) is 32.6 Å². The van der Waals surface area contributed by atoms with E-state index < -0.39 is 18.1 Å². The molecule has 0 spiro atoms. The number of rotatable bonds is 8. The molecule has 1 aromatic rings. The third kappa shape index (κ3) is 6.65. The molecular weight excluding hydrogens is 405 g/mol. The van der Waals surface area contributed by atoms with Crippen LogP contribution < -0.4 is 5.32 Å². The van der Waals surface area contributed by atoms with E-state index in [1.165, 1.54) is 12.1 Å². The van der Waals surface area contributed by atoms with E-state index in [1.54, 1.807) is 17.0 Å². The molecule has 0 unspecified atom stereocenters. The summed E-state index contributed by atoms with van der Waals surface area (Å²) in [6.45, 7) is 9.39. The molecule has 8 heteroatoms. The van der Waals surface area contributed by atoms with E-state index in [0.717, 1.165) is 5.56 Å². The van der Waals surface area contributed by atoms with Gasteiger partial charge in [-0.15, -0.1) is 0 Å². The van der Waals surface area contributed by atoms with Crippen LogP contribution in [0.1, 0.15) is 46.1 Å². The van der Waals surface area contributed by atoms with Crippen LogP contribution in [0.2, 0.25) is 0 Å². The molecule has 0 saturated carbocycles. The van der Waals surface area contributed by atoms with Gasteiger partial charge in [0.25, 0.3) is 0 Å². The molecule has 2 rings (SSSR count). The van der Waals surface area contributed by atoms with E-state index in [4.69, 9.17) is 12.2 Å². The molecule has 2 N–H and O–H groups in total. The van der Waals surface area contributed by atoms with Crippen LogP contribution in [-0.2, 0) is 16.1 Å². The van der Waals surface area contributed by atoms with Crippen molar-refractivity contribution in [3.05, 3.63) is 35.6 Å². The Labute approximate surface area is 183 Å². The Kier molecular flexibility index (Phi) is 8.58. The number of piperazine rings is 1. The largest absolute Gasteiger partial charge is 0.480 e. The minimum atomic E-state index is -0.951. The number of amides is 1. The van der Waals surface area contributed by atoms with Crippen LogP contribution in [0, 0.1) is 17.7 Å². The SMILES string of the molecule is CC(C)C[C@H](NC(=S)N1CCN(Cc2ccc(F)cc2)C(=O)[C@@H]1CC(C)C)C(=O)O. The summed E-state index contributed by atoms with van der Waals surface area (Å²) in [7, 11) is 0. The lowest BCUT2D eigenvalue weighted by Crippen LogP contribution is -2.62. The first-order valence-corrected chi connectivity index (χ1v) is 10.8. The van der Waals surface area contributed by atoms with E-state index in [-0.39, 0.29) is 23.6 Å². The lowest BCUT2D eigenvalue weighted by molar-refractivity contribution is -0.140. The summed E-state index contributed by atoms with van der Waals surface area (Å²) in [6.07, 6.45) is 1.06. The van der Waals surface area contributed by atoms with Crippen LogP contribution in [0.4, 0.5) is 4.39 Å². The molecule has 0 aromatic heterocycles. The van der Waals surface area contributed by atoms with E-state index >= 15 is 0 Å². The average molecular weight is 438 g/mol. The summed E-state index contributed by atoms with van der Waals surface area (Å²) in [5.41, 5.74) is 0.866. The minimum Gasteiger partial charge on any atom is -0.480 e. The zero-order valence-corrected chi connectivity index (χ0v) is 18.9. The maximum Gasteiger partial charge on any atom is 0.326 e. The Balaban J connectivity index is 2.14. The monoisotopic (exact) mass is 437 g/mol. The number of carbonyl (C=O) groups is 2. The first-order chi connectivity index (χ1) is 14.1. The number of carboxylic acids is 1. The third-order valence-electron chi connectivity index (χ3n) is 5.13. The van der Waals surface area contributed by atoms with Gasteiger partial charge < -0.3 is 20.2 Å². The Morgan fingerprint density at radius 3 is 2.37 bits per heavy atom. The van der Waals surface area contributed by atoms with Crippen LogP contribution in [0.25, 0.3) is 0 Å². The number of hydrogen-bond donors (Lipinski definition) is 2. The predicted molar refractivity (Wildman–Crippen MR) is 118 cm³/mol. The normalized spacial score (nSPS) is 18.1. The van der Waals surface area contributed by atoms with Crippen molar-refractivity contribution in [1.29, 1.82) is 0 Å². The van der Waals surface area contributed by atoms with Gasteiger partial charge in [0.05, 0.1) is 0 Å². The maximum absolute atomic E-state index is 13.3. The summed E-state index contributed by atoms with van der Waals surface area (Å²) in [5, 5.41) is 12.8. The van der Waals surface area contributed by atoms with Gasteiger partial charge in [-0.25, -0.2) is 9.18 Å². The first kappa shape index (κ1) is 24.1. The molecule has 1 heterocycles. The quantitative estimate of drug-likeness (QED) is 0.609. The smallest absolute Gasteiger partial charge is 0.326 e. The second-order valence-electron chi connectivity index (χ2n) is 8.69. The number of nitrogens with one attached hydrogen (secondary N) is 1. The number of benzene rings is 1. The van der Waals surface area contributed by atoms with Crippen molar-refractivity contribution in [2.24, 2.45) is 11.8 Å². The fourth-order valence-electron chi connectivity index (χ4n) is 3.65. The number of aliphatic carboxylic acids is 1. The van der Waals surface area contributed by atoms with Gasteiger partial charge in [0.2, 0.25) is 5.91 Å². The highest BCUT2D eigenvalue weighted by Gasteiger charge is 2.37. The molecule has 1 fully saturated rings. The molecule has 1 amide bonds. The van der Waals surface area contributed by atoms with E-state index in [2.05, 4.69) is 5.32 Å². The van der Waals surface area contributed by atoms with Crippen molar-refractivity contribution in [1.82, 2.24) is 15.1 Å². The Hall–Kier alpha value is -2.22. The van der Waals surface area contributed by atoms with Gasteiger partial charge in [0.1, 0.15) is 17.9 Å². The molecule has 30 heavy (non-hydrogen) atoms. The number of halogens is 1. The first-order valence-electron chi connectivity index (χ1n) is 10.4. The highest BCUT2D eigenvalue weighted by atomic mass is 32.1. The molecule has 1 aliphatic rings. The molecule has 1 saturated heterocycles. The fraction of sp³-hybridized carbons (Fsp3) is 0.591. The summed E-state index contributed by atoms with van der Waals surface area (Å²) < 4.78 is 13.2. The van der Waals surface area contributed by atoms with Crippen molar-refractivity contribution in [3.8, 4) is 0 Å². The van der Waals surface area contributed by atoms with Gasteiger partial charge in [0, 0.05) is 19.6 Å². The maximum atomic E-state index is 13.3. The summed E-state index contributed by atoms with van der Waals surface area (Å²) in [6, 6.07) is 4.91. The number of thiocarbonyl (C=S) groups is 1. The Morgan fingerprint density at radius 1 is 1.20 bits per heavy atom. The summed E-state index contributed by atoms with van der Waals surface area (Å²) in [4.78, 5) is 28.5. The van der Waals surface area contributed by atoms with Gasteiger partial charge in [-0.05, 0) is 54.6 Å². The molecule has 1 aliphatic heterocycles. The number of hydrogen-bond acceptors (Lipinski definition) is 3. The second-order valence-corrected chi connectivity index (χ2v) is 9.08. The standard InChI is InChI=1S/C22H32FN3O3S/c1-14(2)11-18(21(28)29)24-22(30)26-10-9-25(20(27)19(26)12-15(3)4)13-16-5-7-17(23)8-6-16/h5-8,14-15,18-19H,9-13H2,1-4H3,(H,24,30)(H,28,29)/t18-,19-/m0/s1. The molecule has 1 aromatic carbocycles. The van der Waals surface area contributed by atoms with Gasteiger partial charge in [0.15, 0.2) is 5.11 Å². The molecular formula is C22H32FN3O3S. The van der Waals surface area contributed by atoms with Gasteiger partial charge >= 0.3 is 5.97 Å². The molecule has 6 nitrogen and oxygen atoms in total. The van der Waals surface area contributed by atoms with Crippen LogP contribution in [0.3, 0.4) is 0 Å². The number of nitrogens with zero attached hydrogens (tertiary/aromatic N) is 2.